The van der Waals surface area contributed by atoms with Crippen molar-refractivity contribution in [2.75, 3.05) is 11.6 Å². The first-order chi connectivity index (χ1) is 11.9. The second kappa shape index (κ2) is 7.27. The third-order valence-corrected chi connectivity index (χ3v) is 5.11. The second-order valence-corrected chi connectivity index (χ2v) is 8.69. The molecule has 132 valence electrons. The molecule has 3 rings (SSSR count). The Labute approximate surface area is 148 Å². The van der Waals surface area contributed by atoms with Crippen molar-refractivity contribution in [2.24, 2.45) is 10.7 Å². The van der Waals surface area contributed by atoms with Crippen LogP contribution in [0, 0.1) is 0 Å². The predicted octanol–water partition coefficient (Wildman–Crippen LogP) is 2.65. The maximum atomic E-state index is 11.3. The fourth-order valence-corrected chi connectivity index (χ4v) is 3.86. The third kappa shape index (κ3) is 5.06. The smallest absolute Gasteiger partial charge is 0.193 e. The van der Waals surface area contributed by atoms with Gasteiger partial charge in [0.15, 0.2) is 15.8 Å². The molecule has 0 saturated heterocycles. The maximum absolute atomic E-state index is 11.3. The standard InChI is InChI=1S/C19H23N3O2S/c1-25(23,24)13-15-7-5-14(6-8-15)12-21-19(20)22-18-10-9-16-3-2-4-17(16)11-18/h5-11H,2-4,12-13H2,1H3,(H3,20,21,22). The molecule has 5 nitrogen and oxygen atoms in total. The van der Waals surface area contributed by atoms with Crippen LogP contribution in [0.1, 0.15) is 28.7 Å². The minimum atomic E-state index is -3.01. The number of aryl methyl sites for hydroxylation is 2. The number of rotatable bonds is 5. The molecule has 0 aromatic heterocycles. The molecule has 0 heterocycles. The molecular formula is C19H23N3O2S. The Balaban J connectivity index is 1.59. The summed E-state index contributed by atoms with van der Waals surface area (Å²) in [6.45, 7) is 0.447. The van der Waals surface area contributed by atoms with E-state index in [-0.39, 0.29) is 5.75 Å². The molecule has 2 aromatic carbocycles. The van der Waals surface area contributed by atoms with Gasteiger partial charge in [-0.2, -0.15) is 0 Å². The van der Waals surface area contributed by atoms with E-state index in [4.69, 9.17) is 5.73 Å². The first kappa shape index (κ1) is 17.5. The van der Waals surface area contributed by atoms with E-state index in [9.17, 15) is 8.42 Å². The van der Waals surface area contributed by atoms with Crippen molar-refractivity contribution in [3.8, 4) is 0 Å². The van der Waals surface area contributed by atoms with E-state index in [0.29, 0.717) is 12.5 Å². The van der Waals surface area contributed by atoms with E-state index in [1.807, 2.05) is 30.3 Å². The Morgan fingerprint density at radius 2 is 1.76 bits per heavy atom. The lowest BCUT2D eigenvalue weighted by atomic mass is 10.1. The van der Waals surface area contributed by atoms with Crippen molar-refractivity contribution in [3.05, 3.63) is 64.7 Å². The van der Waals surface area contributed by atoms with Crippen molar-refractivity contribution >= 4 is 21.5 Å². The minimum absolute atomic E-state index is 0.0541. The molecule has 0 amide bonds. The summed E-state index contributed by atoms with van der Waals surface area (Å²) in [6.07, 6.45) is 4.74. The Hall–Kier alpha value is -2.34. The molecule has 0 aliphatic heterocycles. The number of fused-ring (bicyclic) bond motifs is 1. The zero-order valence-electron chi connectivity index (χ0n) is 14.3. The number of nitrogens with two attached hydrogens (primary N) is 1. The summed E-state index contributed by atoms with van der Waals surface area (Å²) in [6, 6.07) is 13.7. The van der Waals surface area contributed by atoms with Gasteiger partial charge in [-0.1, -0.05) is 30.3 Å². The molecule has 0 unspecified atom stereocenters. The van der Waals surface area contributed by atoms with Crippen LogP contribution in [-0.2, 0) is 35.0 Å². The van der Waals surface area contributed by atoms with Crippen LogP contribution in [0.2, 0.25) is 0 Å². The molecule has 0 bridgehead atoms. The van der Waals surface area contributed by atoms with Crippen molar-refractivity contribution in [2.45, 2.75) is 31.6 Å². The van der Waals surface area contributed by atoms with Crippen LogP contribution in [0.4, 0.5) is 5.69 Å². The number of hydrogen-bond acceptors (Lipinski definition) is 3. The van der Waals surface area contributed by atoms with Gasteiger partial charge in [0, 0.05) is 11.9 Å². The number of guanidine groups is 1. The third-order valence-electron chi connectivity index (χ3n) is 4.25. The maximum Gasteiger partial charge on any atom is 0.193 e. The van der Waals surface area contributed by atoms with Crippen LogP contribution in [0.5, 0.6) is 0 Å². The van der Waals surface area contributed by atoms with Crippen molar-refractivity contribution < 1.29 is 8.42 Å². The van der Waals surface area contributed by atoms with Gasteiger partial charge in [-0.25, -0.2) is 13.4 Å². The van der Waals surface area contributed by atoms with Gasteiger partial charge < -0.3 is 11.1 Å². The van der Waals surface area contributed by atoms with Gasteiger partial charge in [0.1, 0.15) is 0 Å². The van der Waals surface area contributed by atoms with Gasteiger partial charge in [0.25, 0.3) is 0 Å². The quantitative estimate of drug-likeness (QED) is 0.636. The van der Waals surface area contributed by atoms with E-state index >= 15 is 0 Å². The van der Waals surface area contributed by atoms with Gasteiger partial charge in [-0.15, -0.1) is 0 Å². The number of nitrogens with zero attached hydrogens (tertiary/aromatic N) is 1. The second-order valence-electron chi connectivity index (χ2n) is 6.55. The fourth-order valence-electron chi connectivity index (χ4n) is 3.06. The van der Waals surface area contributed by atoms with Gasteiger partial charge in [-0.3, -0.25) is 0 Å². The molecule has 6 heteroatoms. The lowest BCUT2D eigenvalue weighted by molar-refractivity contribution is 0.601. The van der Waals surface area contributed by atoms with Crippen molar-refractivity contribution in [1.29, 1.82) is 0 Å². The molecule has 0 fully saturated rings. The molecular weight excluding hydrogens is 334 g/mol. The molecule has 3 N–H and O–H groups in total. The summed E-state index contributed by atoms with van der Waals surface area (Å²) in [5.41, 5.74) is 11.5. The summed E-state index contributed by atoms with van der Waals surface area (Å²) in [7, 11) is -3.01. The molecule has 0 radical (unpaired) electrons. The summed E-state index contributed by atoms with van der Waals surface area (Å²) < 4.78 is 22.6. The zero-order chi connectivity index (χ0) is 17.9. The average molecular weight is 357 g/mol. The van der Waals surface area contributed by atoms with Crippen LogP contribution >= 0.6 is 0 Å². The zero-order valence-corrected chi connectivity index (χ0v) is 15.1. The van der Waals surface area contributed by atoms with Crippen LogP contribution in [0.3, 0.4) is 0 Å². The largest absolute Gasteiger partial charge is 0.370 e. The molecule has 0 atom stereocenters. The summed E-state index contributed by atoms with van der Waals surface area (Å²) >= 11 is 0. The number of sulfone groups is 1. The Morgan fingerprint density at radius 1 is 1.08 bits per heavy atom. The summed E-state index contributed by atoms with van der Waals surface area (Å²) in [4.78, 5) is 4.35. The molecule has 25 heavy (non-hydrogen) atoms. The highest BCUT2D eigenvalue weighted by Crippen LogP contribution is 2.24. The molecule has 0 spiro atoms. The molecule has 2 aromatic rings. The number of anilines is 1. The fraction of sp³-hybridized carbons (Fsp3) is 0.316. The number of aliphatic imine (C=N–C) groups is 1. The van der Waals surface area contributed by atoms with E-state index in [1.54, 1.807) is 0 Å². The van der Waals surface area contributed by atoms with E-state index in [2.05, 4.69) is 22.4 Å². The van der Waals surface area contributed by atoms with E-state index in [0.717, 1.165) is 29.7 Å². The van der Waals surface area contributed by atoms with Gasteiger partial charge in [0.2, 0.25) is 0 Å². The Morgan fingerprint density at radius 3 is 2.48 bits per heavy atom. The monoisotopic (exact) mass is 357 g/mol. The average Bonchev–Trinajstić information content (AvgIpc) is 3.00. The highest BCUT2D eigenvalue weighted by molar-refractivity contribution is 7.89. The Bertz CT molecular complexity index is 887. The van der Waals surface area contributed by atoms with Crippen molar-refractivity contribution in [3.63, 3.8) is 0 Å². The van der Waals surface area contributed by atoms with Crippen LogP contribution in [0.15, 0.2) is 47.5 Å². The first-order valence-corrected chi connectivity index (χ1v) is 10.4. The summed E-state index contributed by atoms with van der Waals surface area (Å²) in [5.74, 6) is 0.427. The van der Waals surface area contributed by atoms with Gasteiger partial charge >= 0.3 is 0 Å². The van der Waals surface area contributed by atoms with Gasteiger partial charge in [-0.05, 0) is 53.6 Å². The van der Waals surface area contributed by atoms with Crippen LogP contribution in [-0.4, -0.2) is 20.6 Å². The molecule has 1 aliphatic carbocycles. The lowest BCUT2D eigenvalue weighted by Crippen LogP contribution is -2.22. The lowest BCUT2D eigenvalue weighted by Gasteiger charge is -2.08. The highest BCUT2D eigenvalue weighted by atomic mass is 32.2. The SMILES string of the molecule is CS(=O)(=O)Cc1ccc(CN=C(N)Nc2ccc3c(c2)CCC3)cc1. The topological polar surface area (TPSA) is 84.5 Å². The summed E-state index contributed by atoms with van der Waals surface area (Å²) in [5, 5.41) is 3.13. The van der Waals surface area contributed by atoms with E-state index < -0.39 is 9.84 Å². The Kier molecular flexibility index (Phi) is 5.08. The molecule has 0 saturated carbocycles. The predicted molar refractivity (Wildman–Crippen MR) is 102 cm³/mol. The van der Waals surface area contributed by atoms with Gasteiger partial charge in [0.05, 0.1) is 12.3 Å². The van der Waals surface area contributed by atoms with E-state index in [1.165, 1.54) is 23.8 Å². The normalized spacial score (nSPS) is 14.4. The molecule has 1 aliphatic rings. The number of benzene rings is 2. The number of nitrogens with one attached hydrogen (secondary N) is 1. The minimum Gasteiger partial charge on any atom is -0.370 e. The van der Waals surface area contributed by atoms with Crippen LogP contribution in [0.25, 0.3) is 0 Å². The number of hydrogen-bond donors (Lipinski definition) is 2. The van der Waals surface area contributed by atoms with Crippen LogP contribution < -0.4 is 11.1 Å². The van der Waals surface area contributed by atoms with Crippen molar-refractivity contribution in [1.82, 2.24) is 0 Å². The highest BCUT2D eigenvalue weighted by Gasteiger charge is 2.10. The first-order valence-electron chi connectivity index (χ1n) is 8.33.